The summed E-state index contributed by atoms with van der Waals surface area (Å²) in [6, 6.07) is 21.8. The third kappa shape index (κ3) is 3.40. The minimum Gasteiger partial charge on any atom is -0.379 e. The van der Waals surface area contributed by atoms with Crippen molar-refractivity contribution in [1.82, 2.24) is 4.90 Å². The number of hydrogen-bond donors (Lipinski definition) is 0. The summed E-state index contributed by atoms with van der Waals surface area (Å²) in [7, 11) is 0. The Morgan fingerprint density at radius 2 is 1.20 bits per heavy atom. The van der Waals surface area contributed by atoms with Gasteiger partial charge in [-0.1, -0.05) is 60.7 Å². The molecule has 2 aromatic rings. The molecule has 0 aliphatic carbocycles. The maximum absolute atomic E-state index is 5.48. The second-order valence-electron chi connectivity index (χ2n) is 4.87. The summed E-state index contributed by atoms with van der Waals surface area (Å²) < 4.78 is 5.48. The SMILES string of the molecule is Cl.c1ccc(C(c2ccccc2)N2CCOCC2)cc1. The zero-order chi connectivity index (χ0) is 12.9. The predicted octanol–water partition coefficient (Wildman–Crippen LogP) is 3.53. The molecule has 0 bridgehead atoms. The lowest BCUT2D eigenvalue weighted by Crippen LogP contribution is -2.39. The second-order valence-corrected chi connectivity index (χ2v) is 4.87. The number of morpholine rings is 1. The summed E-state index contributed by atoms with van der Waals surface area (Å²) in [5.41, 5.74) is 2.71. The van der Waals surface area contributed by atoms with Gasteiger partial charge in [-0.05, 0) is 11.1 Å². The van der Waals surface area contributed by atoms with E-state index in [1.54, 1.807) is 0 Å². The Hall–Kier alpha value is -1.35. The van der Waals surface area contributed by atoms with Gasteiger partial charge in [-0.2, -0.15) is 0 Å². The van der Waals surface area contributed by atoms with Gasteiger partial charge < -0.3 is 4.74 Å². The van der Waals surface area contributed by atoms with E-state index >= 15 is 0 Å². The van der Waals surface area contributed by atoms with Crippen LogP contribution < -0.4 is 0 Å². The molecule has 0 spiro atoms. The van der Waals surface area contributed by atoms with E-state index in [1.807, 2.05) is 0 Å². The van der Waals surface area contributed by atoms with Crippen molar-refractivity contribution in [3.63, 3.8) is 0 Å². The van der Waals surface area contributed by atoms with Crippen molar-refractivity contribution in [2.24, 2.45) is 0 Å². The summed E-state index contributed by atoms with van der Waals surface area (Å²) in [4.78, 5) is 2.51. The molecule has 0 radical (unpaired) electrons. The molecule has 1 heterocycles. The first-order valence-electron chi connectivity index (χ1n) is 6.87. The van der Waals surface area contributed by atoms with Gasteiger partial charge in [0.2, 0.25) is 0 Å². The lowest BCUT2D eigenvalue weighted by atomic mass is 9.97. The standard InChI is InChI=1S/C17H19NO.ClH/c1-3-7-15(8-4-1)17(16-9-5-2-6-10-16)18-11-13-19-14-12-18;/h1-10,17H,11-14H2;1H. The number of rotatable bonds is 3. The second kappa shape index (κ2) is 7.44. The highest BCUT2D eigenvalue weighted by Crippen LogP contribution is 2.28. The molecule has 1 aliphatic rings. The Morgan fingerprint density at radius 1 is 0.750 bits per heavy atom. The number of benzene rings is 2. The molecule has 0 atom stereocenters. The van der Waals surface area contributed by atoms with Gasteiger partial charge in [0, 0.05) is 13.1 Å². The molecule has 20 heavy (non-hydrogen) atoms. The van der Waals surface area contributed by atoms with Gasteiger partial charge >= 0.3 is 0 Å². The van der Waals surface area contributed by atoms with Gasteiger partial charge in [0.05, 0.1) is 19.3 Å². The molecule has 0 unspecified atom stereocenters. The molecular formula is C17H20ClNO. The summed E-state index contributed by atoms with van der Waals surface area (Å²) in [6.45, 7) is 3.65. The van der Waals surface area contributed by atoms with Gasteiger partial charge in [-0.15, -0.1) is 12.4 Å². The monoisotopic (exact) mass is 289 g/mol. The van der Waals surface area contributed by atoms with Gasteiger partial charge in [0.25, 0.3) is 0 Å². The fourth-order valence-electron chi connectivity index (χ4n) is 2.72. The van der Waals surface area contributed by atoms with E-state index in [2.05, 4.69) is 65.6 Å². The van der Waals surface area contributed by atoms with Crippen molar-refractivity contribution in [2.45, 2.75) is 6.04 Å². The van der Waals surface area contributed by atoms with Crippen molar-refractivity contribution < 1.29 is 4.74 Å². The summed E-state index contributed by atoms with van der Waals surface area (Å²) in [5.74, 6) is 0. The van der Waals surface area contributed by atoms with Crippen LogP contribution in [0.2, 0.25) is 0 Å². The molecule has 0 saturated carbocycles. The molecule has 1 aliphatic heterocycles. The van der Waals surface area contributed by atoms with Crippen LogP contribution in [0.1, 0.15) is 17.2 Å². The summed E-state index contributed by atoms with van der Waals surface area (Å²) in [5, 5.41) is 0. The first kappa shape index (κ1) is 15.0. The van der Waals surface area contributed by atoms with E-state index in [1.165, 1.54) is 11.1 Å². The van der Waals surface area contributed by atoms with Crippen molar-refractivity contribution in [1.29, 1.82) is 0 Å². The Bertz CT molecular complexity index is 457. The molecule has 0 amide bonds. The van der Waals surface area contributed by atoms with Crippen LogP contribution in [0.5, 0.6) is 0 Å². The van der Waals surface area contributed by atoms with Crippen LogP contribution in [0.15, 0.2) is 60.7 Å². The molecule has 2 nitrogen and oxygen atoms in total. The average molecular weight is 290 g/mol. The van der Waals surface area contributed by atoms with E-state index in [4.69, 9.17) is 4.74 Å². The highest BCUT2D eigenvalue weighted by molar-refractivity contribution is 5.85. The summed E-state index contributed by atoms with van der Waals surface area (Å²) >= 11 is 0. The smallest absolute Gasteiger partial charge is 0.0603 e. The molecule has 106 valence electrons. The van der Waals surface area contributed by atoms with Crippen LogP contribution in [0, 0.1) is 0 Å². The zero-order valence-electron chi connectivity index (χ0n) is 11.4. The minimum absolute atomic E-state index is 0. The van der Waals surface area contributed by atoms with Crippen LogP contribution >= 0.6 is 12.4 Å². The maximum atomic E-state index is 5.48. The first-order valence-corrected chi connectivity index (χ1v) is 6.87. The molecule has 1 saturated heterocycles. The Balaban J connectivity index is 0.00000147. The van der Waals surface area contributed by atoms with E-state index in [9.17, 15) is 0 Å². The van der Waals surface area contributed by atoms with Gasteiger partial charge in [0.1, 0.15) is 0 Å². The molecule has 1 fully saturated rings. The fourth-order valence-corrected chi connectivity index (χ4v) is 2.72. The zero-order valence-corrected chi connectivity index (χ0v) is 12.3. The Labute approximate surface area is 126 Å². The van der Waals surface area contributed by atoms with Crippen LogP contribution in [0.3, 0.4) is 0 Å². The van der Waals surface area contributed by atoms with Crippen molar-refractivity contribution in [2.75, 3.05) is 26.3 Å². The average Bonchev–Trinajstić information content (AvgIpc) is 2.51. The molecule has 2 aromatic carbocycles. The van der Waals surface area contributed by atoms with Gasteiger partial charge in [-0.3, -0.25) is 4.90 Å². The third-order valence-corrected chi connectivity index (χ3v) is 3.64. The lowest BCUT2D eigenvalue weighted by molar-refractivity contribution is 0.0239. The van der Waals surface area contributed by atoms with Crippen LogP contribution in [-0.2, 0) is 4.74 Å². The molecule has 0 aromatic heterocycles. The Kier molecular flexibility index (Phi) is 5.60. The van der Waals surface area contributed by atoms with Crippen molar-refractivity contribution >= 4 is 12.4 Å². The maximum Gasteiger partial charge on any atom is 0.0603 e. The van der Waals surface area contributed by atoms with Crippen molar-refractivity contribution in [3.05, 3.63) is 71.8 Å². The highest BCUT2D eigenvalue weighted by Gasteiger charge is 2.23. The van der Waals surface area contributed by atoms with E-state index in [-0.39, 0.29) is 12.4 Å². The topological polar surface area (TPSA) is 12.5 Å². The van der Waals surface area contributed by atoms with E-state index in [0.717, 1.165) is 26.3 Å². The largest absolute Gasteiger partial charge is 0.379 e. The normalized spacial score (nSPS) is 15.8. The molecular weight excluding hydrogens is 270 g/mol. The number of hydrogen-bond acceptors (Lipinski definition) is 2. The first-order chi connectivity index (χ1) is 9.45. The van der Waals surface area contributed by atoms with Crippen molar-refractivity contribution in [3.8, 4) is 0 Å². The van der Waals surface area contributed by atoms with Gasteiger partial charge in [0.15, 0.2) is 0 Å². The highest BCUT2D eigenvalue weighted by atomic mass is 35.5. The van der Waals surface area contributed by atoms with E-state index < -0.39 is 0 Å². The number of halogens is 1. The molecule has 3 heteroatoms. The van der Waals surface area contributed by atoms with Gasteiger partial charge in [-0.25, -0.2) is 0 Å². The quantitative estimate of drug-likeness (QED) is 0.857. The fraction of sp³-hybridized carbons (Fsp3) is 0.294. The number of nitrogens with zero attached hydrogens (tertiary/aromatic N) is 1. The minimum atomic E-state index is 0. The lowest BCUT2D eigenvalue weighted by Gasteiger charge is -2.35. The number of ether oxygens (including phenoxy) is 1. The predicted molar refractivity (Wildman–Crippen MR) is 84.4 cm³/mol. The van der Waals surface area contributed by atoms with E-state index in [0.29, 0.717) is 6.04 Å². The van der Waals surface area contributed by atoms with Crippen LogP contribution in [0.4, 0.5) is 0 Å². The third-order valence-electron chi connectivity index (χ3n) is 3.64. The van der Waals surface area contributed by atoms with Crippen LogP contribution in [0.25, 0.3) is 0 Å². The summed E-state index contributed by atoms with van der Waals surface area (Å²) in [6.07, 6.45) is 0. The molecule has 3 rings (SSSR count). The van der Waals surface area contributed by atoms with Crippen LogP contribution in [-0.4, -0.2) is 31.2 Å². The Morgan fingerprint density at radius 3 is 1.65 bits per heavy atom. The molecule has 0 N–H and O–H groups in total.